The van der Waals surface area contributed by atoms with E-state index in [1.807, 2.05) is 6.07 Å². The molecule has 4 nitrogen and oxygen atoms in total. The van der Waals surface area contributed by atoms with Gasteiger partial charge in [0.1, 0.15) is 18.3 Å². The molecule has 0 saturated carbocycles. The highest BCUT2D eigenvalue weighted by molar-refractivity contribution is 5.18. The molecule has 0 aliphatic rings. The lowest BCUT2D eigenvalue weighted by molar-refractivity contribution is 0.385. The summed E-state index contributed by atoms with van der Waals surface area (Å²) in [5, 5.41) is 8.63. The Morgan fingerprint density at radius 1 is 1.00 bits per heavy atom. The van der Waals surface area contributed by atoms with E-state index in [0.29, 0.717) is 5.75 Å². The second-order valence-electron chi connectivity index (χ2n) is 2.09. The molecule has 2 rings (SSSR count). The van der Waals surface area contributed by atoms with Crippen molar-refractivity contribution in [3.05, 3.63) is 53.5 Å². The molecule has 0 atom stereocenters. The van der Waals surface area contributed by atoms with E-state index >= 15 is 0 Å². The first-order valence-corrected chi connectivity index (χ1v) is 3.55. The van der Waals surface area contributed by atoms with Crippen LogP contribution in [0.15, 0.2) is 56.5 Å². The normalized spacial score (nSPS) is 8.62. The Balaban J connectivity index is 0.000000132. The highest BCUT2D eigenvalue weighted by Gasteiger charge is 1.77. The zero-order valence-electron chi connectivity index (χ0n) is 6.71. The molecule has 0 aliphatic heterocycles. The summed E-state index contributed by atoms with van der Waals surface area (Å²) in [5.41, 5.74) is 0. The van der Waals surface area contributed by atoms with Crippen molar-refractivity contribution in [1.82, 2.24) is 0 Å². The average molecular weight is 180 g/mol. The van der Waals surface area contributed by atoms with Gasteiger partial charge >= 0.3 is 5.82 Å². The third-order valence-corrected chi connectivity index (χ3v) is 1.14. The van der Waals surface area contributed by atoms with Crippen LogP contribution >= 0.6 is 0 Å². The van der Waals surface area contributed by atoms with Crippen LogP contribution in [-0.2, 0) is 0 Å². The van der Waals surface area contributed by atoms with E-state index in [4.69, 9.17) is 5.11 Å². The van der Waals surface area contributed by atoms with Crippen LogP contribution in [0.2, 0.25) is 0 Å². The highest BCUT2D eigenvalue weighted by atomic mass is 16.5. The van der Waals surface area contributed by atoms with Crippen LogP contribution in [0.3, 0.4) is 0 Å². The van der Waals surface area contributed by atoms with Gasteiger partial charge in [-0.25, -0.2) is 4.79 Å². The van der Waals surface area contributed by atoms with Crippen LogP contribution in [-0.4, -0.2) is 5.11 Å². The number of para-hydroxylation sites is 1. The summed E-state index contributed by atoms with van der Waals surface area (Å²) in [4.78, 5) is 9.74. The van der Waals surface area contributed by atoms with E-state index in [1.165, 1.54) is 12.5 Å². The van der Waals surface area contributed by atoms with Gasteiger partial charge < -0.3 is 13.9 Å². The second kappa shape index (κ2) is 4.82. The van der Waals surface area contributed by atoms with Crippen LogP contribution in [0.25, 0.3) is 0 Å². The summed E-state index contributed by atoms with van der Waals surface area (Å²) in [7, 11) is 0. The van der Waals surface area contributed by atoms with E-state index in [9.17, 15) is 4.79 Å². The first-order chi connectivity index (χ1) is 6.29. The van der Waals surface area contributed by atoms with Gasteiger partial charge in [-0.3, -0.25) is 0 Å². The van der Waals surface area contributed by atoms with E-state index in [0.717, 1.165) is 0 Å². The fourth-order valence-electron chi connectivity index (χ4n) is 0.622. The molecular weight excluding hydrogens is 172 g/mol. The predicted octanol–water partition coefficient (Wildman–Crippen LogP) is 1.62. The van der Waals surface area contributed by atoms with Gasteiger partial charge in [0.2, 0.25) is 0 Å². The molecule has 1 aromatic heterocycles. The summed E-state index contributed by atoms with van der Waals surface area (Å²) < 4.78 is 8.22. The van der Waals surface area contributed by atoms with Crippen molar-refractivity contribution in [2.45, 2.75) is 0 Å². The van der Waals surface area contributed by atoms with Gasteiger partial charge in [0, 0.05) is 0 Å². The molecule has 1 aromatic carbocycles. The molecule has 0 bridgehead atoms. The van der Waals surface area contributed by atoms with Gasteiger partial charge in [0.25, 0.3) is 0 Å². The molecule has 0 amide bonds. The molecule has 68 valence electrons. The third kappa shape index (κ3) is 3.81. The van der Waals surface area contributed by atoms with Gasteiger partial charge in [0.05, 0.1) is 0 Å². The van der Waals surface area contributed by atoms with Crippen molar-refractivity contribution in [1.29, 1.82) is 0 Å². The summed E-state index contributed by atoms with van der Waals surface area (Å²) in [6.45, 7) is 0. The van der Waals surface area contributed by atoms with Crippen molar-refractivity contribution in [3.63, 3.8) is 0 Å². The fourth-order valence-corrected chi connectivity index (χ4v) is 0.622. The lowest BCUT2D eigenvalue weighted by Crippen LogP contribution is -1.83. The SMILES string of the molecule is O=c1occo1.Oc1ccccc1. The quantitative estimate of drug-likeness (QED) is 0.669. The molecule has 1 N–H and O–H groups in total. The molecule has 0 aliphatic carbocycles. The van der Waals surface area contributed by atoms with Gasteiger partial charge in [-0.2, -0.15) is 0 Å². The van der Waals surface area contributed by atoms with Crippen molar-refractivity contribution >= 4 is 0 Å². The Bertz CT molecular complexity index is 357. The lowest BCUT2D eigenvalue weighted by atomic mass is 10.3. The zero-order valence-corrected chi connectivity index (χ0v) is 6.71. The van der Waals surface area contributed by atoms with Gasteiger partial charge in [-0.1, -0.05) is 18.2 Å². The van der Waals surface area contributed by atoms with E-state index in [1.54, 1.807) is 24.3 Å². The minimum Gasteiger partial charge on any atom is -0.508 e. The number of aromatic hydroxyl groups is 1. The van der Waals surface area contributed by atoms with E-state index < -0.39 is 5.82 Å². The van der Waals surface area contributed by atoms with Crippen molar-refractivity contribution in [3.8, 4) is 5.75 Å². The Labute approximate surface area is 74.0 Å². The number of rotatable bonds is 0. The number of phenolic OH excluding ortho intramolecular Hbond substituents is 1. The fraction of sp³-hybridized carbons (Fsp3) is 0. The lowest BCUT2D eigenvalue weighted by Gasteiger charge is -1.82. The van der Waals surface area contributed by atoms with E-state index in [-0.39, 0.29) is 0 Å². The summed E-state index contributed by atoms with van der Waals surface area (Å²) in [6.07, 6.45) is 2.37. The number of hydrogen-bond donors (Lipinski definition) is 1. The monoisotopic (exact) mass is 180 g/mol. The Morgan fingerprint density at radius 2 is 1.54 bits per heavy atom. The third-order valence-electron chi connectivity index (χ3n) is 1.14. The summed E-state index contributed by atoms with van der Waals surface area (Å²) in [5.74, 6) is -0.336. The van der Waals surface area contributed by atoms with Gasteiger partial charge in [-0.15, -0.1) is 0 Å². The second-order valence-corrected chi connectivity index (χ2v) is 2.09. The van der Waals surface area contributed by atoms with Crippen LogP contribution in [0.4, 0.5) is 0 Å². The molecule has 0 radical (unpaired) electrons. The molecule has 1 heterocycles. The molecule has 0 fully saturated rings. The largest absolute Gasteiger partial charge is 0.518 e. The topological polar surface area (TPSA) is 63.6 Å². The van der Waals surface area contributed by atoms with Crippen LogP contribution < -0.4 is 5.82 Å². The standard InChI is InChI=1S/C6H6O.C3H2O3/c7-6-4-2-1-3-5-6;4-3-5-1-2-6-3/h1-5,7H;1-2H. The molecule has 0 saturated heterocycles. The minimum atomic E-state index is -0.657. The van der Waals surface area contributed by atoms with Crippen molar-refractivity contribution < 1.29 is 13.9 Å². The maximum Gasteiger partial charge on any atom is 0.518 e. The minimum absolute atomic E-state index is 0.322. The maximum absolute atomic E-state index is 9.74. The van der Waals surface area contributed by atoms with Crippen LogP contribution in [0.5, 0.6) is 5.75 Å². The van der Waals surface area contributed by atoms with Crippen molar-refractivity contribution in [2.75, 3.05) is 0 Å². The highest BCUT2D eigenvalue weighted by Crippen LogP contribution is 2.02. The summed E-state index contributed by atoms with van der Waals surface area (Å²) in [6, 6.07) is 8.71. The number of hydrogen-bond acceptors (Lipinski definition) is 4. The summed E-state index contributed by atoms with van der Waals surface area (Å²) >= 11 is 0. The Morgan fingerprint density at radius 3 is 1.77 bits per heavy atom. The Kier molecular flexibility index (Phi) is 3.38. The molecule has 13 heavy (non-hydrogen) atoms. The zero-order chi connectivity index (χ0) is 9.52. The van der Waals surface area contributed by atoms with Crippen LogP contribution in [0.1, 0.15) is 0 Å². The van der Waals surface area contributed by atoms with Gasteiger partial charge in [-0.05, 0) is 12.1 Å². The van der Waals surface area contributed by atoms with Crippen molar-refractivity contribution in [2.24, 2.45) is 0 Å². The maximum atomic E-state index is 9.74. The predicted molar refractivity (Wildman–Crippen MR) is 45.4 cm³/mol. The smallest absolute Gasteiger partial charge is 0.508 e. The first-order valence-electron chi connectivity index (χ1n) is 3.55. The number of benzene rings is 1. The average Bonchev–Trinajstić information content (AvgIpc) is 2.58. The molecule has 0 spiro atoms. The molecule has 2 aromatic rings. The first kappa shape index (κ1) is 9.12. The molecular formula is C9H8O4. The number of phenols is 1. The van der Waals surface area contributed by atoms with Crippen LogP contribution in [0, 0.1) is 0 Å². The van der Waals surface area contributed by atoms with E-state index in [2.05, 4.69) is 8.83 Å². The Hall–Kier alpha value is -1.97. The molecule has 4 heteroatoms. The molecule has 0 unspecified atom stereocenters. The van der Waals surface area contributed by atoms with Gasteiger partial charge in [0.15, 0.2) is 0 Å².